The second-order valence-electron chi connectivity index (χ2n) is 5.85. The summed E-state index contributed by atoms with van der Waals surface area (Å²) >= 11 is 7.09. The van der Waals surface area contributed by atoms with E-state index in [9.17, 15) is 14.0 Å². The third kappa shape index (κ3) is 3.69. The first-order valence-corrected chi connectivity index (χ1v) is 9.37. The fourth-order valence-electron chi connectivity index (χ4n) is 2.58. The van der Waals surface area contributed by atoms with Crippen LogP contribution in [-0.2, 0) is 6.54 Å². The van der Waals surface area contributed by atoms with Crippen LogP contribution in [0.15, 0.2) is 75.6 Å². The molecular weight excluding hydrogens is 403 g/mol. The van der Waals surface area contributed by atoms with Gasteiger partial charge in [0.15, 0.2) is 11.4 Å². The maximum atomic E-state index is 13.1. The lowest BCUT2D eigenvalue weighted by molar-refractivity contribution is 0.0966. The van der Waals surface area contributed by atoms with Crippen molar-refractivity contribution in [2.45, 2.75) is 16.5 Å². The van der Waals surface area contributed by atoms with Gasteiger partial charge in [-0.25, -0.2) is 23.3 Å². The van der Waals surface area contributed by atoms with Gasteiger partial charge < -0.3 is 0 Å². The molecule has 140 valence electrons. The smallest absolute Gasteiger partial charge is 0.292 e. The average Bonchev–Trinajstić information content (AvgIpc) is 3.01. The molecule has 0 amide bonds. The summed E-state index contributed by atoms with van der Waals surface area (Å²) < 4.78 is 15.5. The van der Waals surface area contributed by atoms with E-state index in [1.165, 1.54) is 40.7 Å². The zero-order chi connectivity index (χ0) is 19.7. The Kier molecular flexibility index (Phi) is 4.97. The topological polar surface area (TPSA) is 69.3 Å². The second kappa shape index (κ2) is 7.57. The number of rotatable bonds is 5. The number of Topliss-reactive ketones (excluding diaryl/α,β-unsaturated/α-hetero) is 1. The van der Waals surface area contributed by atoms with Crippen molar-refractivity contribution >= 4 is 34.8 Å². The highest BCUT2D eigenvalue weighted by Gasteiger charge is 2.16. The molecular formula is C19H12ClFN4O2S. The van der Waals surface area contributed by atoms with Gasteiger partial charge >= 0.3 is 5.69 Å². The van der Waals surface area contributed by atoms with Crippen molar-refractivity contribution in [3.05, 3.63) is 87.8 Å². The van der Waals surface area contributed by atoms with E-state index < -0.39 is 5.69 Å². The lowest BCUT2D eigenvalue weighted by Gasteiger charge is -2.01. The van der Waals surface area contributed by atoms with Crippen LogP contribution in [0.25, 0.3) is 5.65 Å². The van der Waals surface area contributed by atoms with Crippen LogP contribution in [0.4, 0.5) is 4.39 Å². The summed E-state index contributed by atoms with van der Waals surface area (Å²) in [6.45, 7) is -0.206. The van der Waals surface area contributed by atoms with Crippen molar-refractivity contribution in [3.8, 4) is 0 Å². The molecule has 9 heteroatoms. The lowest BCUT2D eigenvalue weighted by atomic mass is 10.1. The normalized spacial score (nSPS) is 11.1. The zero-order valence-corrected chi connectivity index (χ0v) is 15.8. The summed E-state index contributed by atoms with van der Waals surface area (Å²) in [6, 6.07) is 12.3. The molecule has 0 aliphatic rings. The van der Waals surface area contributed by atoms with E-state index >= 15 is 0 Å². The Hall–Kier alpha value is -2.97. The molecule has 6 nitrogen and oxygen atoms in total. The number of fused-ring (bicyclic) bond motifs is 1. The van der Waals surface area contributed by atoms with Crippen molar-refractivity contribution in [1.29, 1.82) is 0 Å². The highest BCUT2D eigenvalue weighted by molar-refractivity contribution is 7.99. The first-order chi connectivity index (χ1) is 13.5. The van der Waals surface area contributed by atoms with Gasteiger partial charge in [-0.15, -0.1) is 5.10 Å². The van der Waals surface area contributed by atoms with Gasteiger partial charge in [-0.3, -0.25) is 4.79 Å². The molecule has 0 aliphatic carbocycles. The Morgan fingerprint density at radius 1 is 1.11 bits per heavy atom. The molecule has 0 unspecified atom stereocenters. The number of ketones is 1. The molecule has 0 N–H and O–H groups in total. The van der Waals surface area contributed by atoms with Gasteiger partial charge in [-0.05, 0) is 48.5 Å². The molecule has 0 saturated heterocycles. The average molecular weight is 415 g/mol. The highest BCUT2D eigenvalue weighted by atomic mass is 35.5. The number of halogens is 2. The van der Waals surface area contributed by atoms with E-state index in [2.05, 4.69) is 10.1 Å². The summed E-state index contributed by atoms with van der Waals surface area (Å²) in [5, 5.41) is 5.27. The molecule has 0 radical (unpaired) electrons. The zero-order valence-electron chi connectivity index (χ0n) is 14.3. The van der Waals surface area contributed by atoms with Crippen LogP contribution < -0.4 is 5.69 Å². The van der Waals surface area contributed by atoms with E-state index in [4.69, 9.17) is 11.6 Å². The number of carbonyl (C=O) groups excluding carboxylic acids is 1. The minimum atomic E-state index is -0.444. The maximum Gasteiger partial charge on any atom is 0.350 e. The van der Waals surface area contributed by atoms with Crippen LogP contribution in [0.5, 0.6) is 0 Å². The third-order valence-electron chi connectivity index (χ3n) is 3.96. The van der Waals surface area contributed by atoms with Gasteiger partial charge in [0.1, 0.15) is 17.4 Å². The molecule has 28 heavy (non-hydrogen) atoms. The van der Waals surface area contributed by atoms with Gasteiger partial charge in [0.2, 0.25) is 0 Å². The Balaban J connectivity index is 1.66. The number of aromatic nitrogens is 4. The Bertz CT molecular complexity index is 1220. The fraction of sp³-hybridized carbons (Fsp3) is 0.0526. The second-order valence-corrected chi connectivity index (χ2v) is 7.35. The minimum Gasteiger partial charge on any atom is -0.292 e. The van der Waals surface area contributed by atoms with Crippen LogP contribution >= 0.6 is 23.4 Å². The Morgan fingerprint density at radius 3 is 2.54 bits per heavy atom. The number of benzene rings is 2. The highest BCUT2D eigenvalue weighted by Crippen LogP contribution is 2.28. The first kappa shape index (κ1) is 18.4. The predicted octanol–water partition coefficient (Wildman–Crippen LogP) is 3.72. The van der Waals surface area contributed by atoms with Gasteiger partial charge in [0.05, 0.1) is 0 Å². The van der Waals surface area contributed by atoms with Crippen LogP contribution in [-0.4, -0.2) is 24.9 Å². The predicted molar refractivity (Wildman–Crippen MR) is 104 cm³/mol. The van der Waals surface area contributed by atoms with Crippen molar-refractivity contribution < 1.29 is 9.18 Å². The van der Waals surface area contributed by atoms with Gasteiger partial charge in [0.25, 0.3) is 0 Å². The molecule has 0 bridgehead atoms. The minimum absolute atomic E-state index is 0.206. The maximum absolute atomic E-state index is 13.1. The number of hydrogen-bond acceptors (Lipinski definition) is 5. The largest absolute Gasteiger partial charge is 0.350 e. The van der Waals surface area contributed by atoms with Crippen LogP contribution in [0, 0.1) is 5.82 Å². The molecule has 0 atom stereocenters. The Morgan fingerprint density at radius 2 is 1.82 bits per heavy atom. The summed E-state index contributed by atoms with van der Waals surface area (Å²) in [7, 11) is 0. The van der Waals surface area contributed by atoms with Crippen LogP contribution in [0.1, 0.15) is 10.4 Å². The summed E-state index contributed by atoms with van der Waals surface area (Å²) in [6.07, 6.45) is 2.97. The van der Waals surface area contributed by atoms with E-state index in [1.54, 1.807) is 36.4 Å². The molecule has 4 rings (SSSR count). The molecule has 0 spiro atoms. The number of nitrogens with zero attached hydrogens (tertiary/aromatic N) is 4. The van der Waals surface area contributed by atoms with E-state index in [1.807, 2.05) is 0 Å². The standard InChI is InChI=1S/C19H12ClFN4O2S/c20-13-3-1-12(2-4-13)16(26)11-25-19(27)24-10-9-22-18(17(24)23-25)28-15-7-5-14(21)6-8-15/h1-10H,11H2. The SMILES string of the molecule is O=C(Cn1nc2c(Sc3ccc(F)cc3)nccn2c1=O)c1ccc(Cl)cc1. The Labute approximate surface area is 167 Å². The monoisotopic (exact) mass is 414 g/mol. The van der Waals surface area contributed by atoms with Crippen molar-refractivity contribution in [1.82, 2.24) is 19.2 Å². The molecule has 0 fully saturated rings. The summed E-state index contributed by atoms with van der Waals surface area (Å²) in [5.74, 6) is -0.598. The van der Waals surface area contributed by atoms with Crippen molar-refractivity contribution in [3.63, 3.8) is 0 Å². The van der Waals surface area contributed by atoms with Crippen LogP contribution in [0.3, 0.4) is 0 Å². The molecule has 2 heterocycles. The van der Waals surface area contributed by atoms with Crippen molar-refractivity contribution in [2.24, 2.45) is 0 Å². The van der Waals surface area contributed by atoms with Crippen molar-refractivity contribution in [2.75, 3.05) is 0 Å². The third-order valence-corrected chi connectivity index (χ3v) is 5.20. The molecule has 0 saturated carbocycles. The van der Waals surface area contributed by atoms with Gasteiger partial charge in [-0.1, -0.05) is 23.4 Å². The number of hydrogen-bond donors (Lipinski definition) is 0. The van der Waals surface area contributed by atoms with Gasteiger partial charge in [0, 0.05) is 27.9 Å². The van der Waals surface area contributed by atoms with Gasteiger partial charge in [-0.2, -0.15) is 0 Å². The van der Waals surface area contributed by atoms with E-state index in [-0.39, 0.29) is 18.1 Å². The lowest BCUT2D eigenvalue weighted by Crippen LogP contribution is -2.25. The quantitative estimate of drug-likeness (QED) is 0.465. The van der Waals surface area contributed by atoms with E-state index in [0.717, 1.165) is 9.58 Å². The fourth-order valence-corrected chi connectivity index (χ4v) is 3.54. The molecule has 0 aliphatic heterocycles. The van der Waals surface area contributed by atoms with Crippen LogP contribution in [0.2, 0.25) is 5.02 Å². The van der Waals surface area contributed by atoms with E-state index in [0.29, 0.717) is 21.3 Å². The molecule has 2 aromatic heterocycles. The number of carbonyl (C=O) groups is 1. The first-order valence-electron chi connectivity index (χ1n) is 8.17. The summed E-state index contributed by atoms with van der Waals surface area (Å²) in [4.78, 5) is 30.1. The molecule has 4 aromatic rings. The summed E-state index contributed by atoms with van der Waals surface area (Å²) in [5.41, 5.74) is 0.318. The molecule has 2 aromatic carbocycles.